The highest BCUT2D eigenvalue weighted by atomic mass is 35.5. The van der Waals surface area contributed by atoms with Crippen LogP contribution in [-0.4, -0.2) is 45.8 Å². The van der Waals surface area contributed by atoms with Gasteiger partial charge < -0.3 is 10.6 Å². The lowest BCUT2D eigenvalue weighted by Gasteiger charge is -2.15. The summed E-state index contributed by atoms with van der Waals surface area (Å²) in [5.41, 5.74) is 1.17. The minimum atomic E-state index is -3.52. The molecule has 1 aliphatic heterocycles. The van der Waals surface area contributed by atoms with Crippen LogP contribution >= 0.6 is 12.4 Å². The van der Waals surface area contributed by atoms with Crippen molar-refractivity contribution in [3.05, 3.63) is 23.8 Å². The van der Waals surface area contributed by atoms with Gasteiger partial charge in [0.1, 0.15) is 0 Å². The third kappa shape index (κ3) is 4.91. The number of nitrogens with zero attached hydrogens (tertiary/aromatic N) is 1. The summed E-state index contributed by atoms with van der Waals surface area (Å²) in [7, 11) is -0.530. The van der Waals surface area contributed by atoms with Crippen molar-refractivity contribution >= 4 is 34.0 Å². The summed E-state index contributed by atoms with van der Waals surface area (Å²) in [5.74, 6) is 0.279. The Morgan fingerprint density at radius 1 is 1.39 bits per heavy atom. The van der Waals surface area contributed by atoms with Crippen LogP contribution in [0.5, 0.6) is 0 Å². The van der Waals surface area contributed by atoms with Gasteiger partial charge in [-0.1, -0.05) is 6.07 Å². The molecule has 0 aromatic heterocycles. The van der Waals surface area contributed by atoms with Crippen LogP contribution in [-0.2, 0) is 14.8 Å². The molecule has 6 nitrogen and oxygen atoms in total. The van der Waals surface area contributed by atoms with Crippen LogP contribution in [0.1, 0.15) is 18.4 Å². The van der Waals surface area contributed by atoms with Crippen LogP contribution in [0.2, 0.25) is 0 Å². The summed E-state index contributed by atoms with van der Waals surface area (Å²) >= 11 is 0. The molecule has 23 heavy (non-hydrogen) atoms. The predicted molar refractivity (Wildman–Crippen MR) is 93.5 cm³/mol. The molecule has 0 aliphatic carbocycles. The topological polar surface area (TPSA) is 78.5 Å². The molecular formula is C15H24ClN3O3S. The molecule has 1 aromatic carbocycles. The third-order valence-electron chi connectivity index (χ3n) is 3.87. The van der Waals surface area contributed by atoms with Gasteiger partial charge in [-0.05, 0) is 50.0 Å². The highest BCUT2D eigenvalue weighted by Gasteiger charge is 2.21. The Morgan fingerprint density at radius 3 is 2.65 bits per heavy atom. The van der Waals surface area contributed by atoms with E-state index in [1.165, 1.54) is 24.5 Å². The van der Waals surface area contributed by atoms with Gasteiger partial charge in [-0.25, -0.2) is 12.7 Å². The maximum atomic E-state index is 12.3. The molecule has 8 heteroatoms. The molecule has 1 fully saturated rings. The van der Waals surface area contributed by atoms with Crippen LogP contribution in [0, 0.1) is 12.8 Å². The monoisotopic (exact) mass is 361 g/mol. The Bertz CT molecular complexity index is 656. The van der Waals surface area contributed by atoms with Crippen molar-refractivity contribution in [3.63, 3.8) is 0 Å². The number of carbonyl (C=O) groups excluding carboxylic acids is 1. The molecule has 1 aromatic rings. The van der Waals surface area contributed by atoms with E-state index in [9.17, 15) is 13.2 Å². The Balaban J connectivity index is 0.00000264. The summed E-state index contributed by atoms with van der Waals surface area (Å²) < 4.78 is 25.7. The van der Waals surface area contributed by atoms with Gasteiger partial charge in [-0.15, -0.1) is 12.4 Å². The molecule has 1 unspecified atom stereocenters. The summed E-state index contributed by atoms with van der Waals surface area (Å²) in [4.78, 5) is 12.3. The summed E-state index contributed by atoms with van der Waals surface area (Å²) in [6.45, 7) is 3.56. The summed E-state index contributed by atoms with van der Waals surface area (Å²) in [5, 5.41) is 6.02. The predicted octanol–water partition coefficient (Wildman–Crippen LogP) is 1.61. The van der Waals surface area contributed by atoms with Crippen molar-refractivity contribution in [2.45, 2.75) is 24.7 Å². The van der Waals surface area contributed by atoms with Gasteiger partial charge in [0.25, 0.3) is 0 Å². The molecule has 0 spiro atoms. The van der Waals surface area contributed by atoms with Crippen LogP contribution in [0.4, 0.5) is 5.69 Å². The van der Waals surface area contributed by atoms with E-state index >= 15 is 0 Å². The Labute approximate surface area is 144 Å². The quantitative estimate of drug-likeness (QED) is 0.835. The fourth-order valence-electron chi connectivity index (χ4n) is 2.52. The third-order valence-corrected chi connectivity index (χ3v) is 5.82. The number of benzene rings is 1. The van der Waals surface area contributed by atoms with E-state index in [2.05, 4.69) is 10.6 Å². The second-order valence-electron chi connectivity index (χ2n) is 5.88. The normalized spacial score (nSPS) is 17.8. The van der Waals surface area contributed by atoms with E-state index in [1.54, 1.807) is 19.1 Å². The molecule has 0 saturated carbocycles. The zero-order valence-corrected chi connectivity index (χ0v) is 15.3. The van der Waals surface area contributed by atoms with E-state index in [0.29, 0.717) is 23.6 Å². The van der Waals surface area contributed by atoms with Crippen molar-refractivity contribution in [2.75, 3.05) is 32.5 Å². The van der Waals surface area contributed by atoms with Crippen molar-refractivity contribution in [1.29, 1.82) is 0 Å². The van der Waals surface area contributed by atoms with Gasteiger partial charge in [-0.3, -0.25) is 4.79 Å². The highest BCUT2D eigenvalue weighted by Crippen LogP contribution is 2.23. The Morgan fingerprint density at radius 2 is 2.09 bits per heavy atom. The van der Waals surface area contributed by atoms with Gasteiger partial charge >= 0.3 is 0 Å². The van der Waals surface area contributed by atoms with Gasteiger partial charge in [0, 0.05) is 26.2 Å². The number of nitrogens with one attached hydrogen (secondary N) is 2. The van der Waals surface area contributed by atoms with Crippen LogP contribution in [0.3, 0.4) is 0 Å². The van der Waals surface area contributed by atoms with Crippen LogP contribution in [0.25, 0.3) is 0 Å². The molecule has 1 atom stereocenters. The fraction of sp³-hybridized carbons (Fsp3) is 0.533. The molecular weight excluding hydrogens is 338 g/mol. The first-order chi connectivity index (χ1) is 10.3. The number of rotatable bonds is 5. The number of amides is 1. The average Bonchev–Trinajstić information content (AvgIpc) is 2.93. The summed E-state index contributed by atoms with van der Waals surface area (Å²) in [6, 6.07) is 4.97. The number of halogens is 1. The molecule has 1 saturated heterocycles. The molecule has 2 rings (SSSR count). The van der Waals surface area contributed by atoms with E-state index in [-0.39, 0.29) is 23.2 Å². The first-order valence-electron chi connectivity index (χ1n) is 7.34. The first kappa shape index (κ1) is 19.9. The van der Waals surface area contributed by atoms with Gasteiger partial charge in [0.15, 0.2) is 0 Å². The average molecular weight is 362 g/mol. The number of hydrogen-bond acceptors (Lipinski definition) is 4. The minimum absolute atomic E-state index is 0. The molecule has 1 amide bonds. The van der Waals surface area contributed by atoms with Crippen LogP contribution in [0.15, 0.2) is 23.1 Å². The second kappa shape index (κ2) is 8.10. The highest BCUT2D eigenvalue weighted by molar-refractivity contribution is 7.89. The van der Waals surface area contributed by atoms with Gasteiger partial charge in [-0.2, -0.15) is 0 Å². The number of sulfonamides is 1. The molecule has 2 N–H and O–H groups in total. The standard InChI is InChI=1S/C15H23N3O3S.ClH/c1-11-4-5-13(9-14(11)22(20,21)18(2)3)17-15(19)8-12-6-7-16-10-12;/h4-5,9,12,16H,6-8,10H2,1-3H3,(H,17,19);1H. The molecule has 1 aliphatic rings. The zero-order chi connectivity index (χ0) is 16.3. The van der Waals surface area contributed by atoms with Crippen molar-refractivity contribution in [3.8, 4) is 0 Å². The minimum Gasteiger partial charge on any atom is -0.326 e. The van der Waals surface area contributed by atoms with E-state index in [1.807, 2.05) is 0 Å². The smallest absolute Gasteiger partial charge is 0.242 e. The molecule has 0 bridgehead atoms. The van der Waals surface area contributed by atoms with Crippen molar-refractivity contribution < 1.29 is 13.2 Å². The SMILES string of the molecule is Cc1ccc(NC(=O)CC2CCNC2)cc1S(=O)(=O)N(C)C.Cl. The largest absolute Gasteiger partial charge is 0.326 e. The van der Waals surface area contributed by atoms with Gasteiger partial charge in [0.2, 0.25) is 15.9 Å². The second-order valence-corrected chi connectivity index (χ2v) is 8.00. The zero-order valence-electron chi connectivity index (χ0n) is 13.6. The molecule has 0 radical (unpaired) electrons. The number of aryl methyl sites for hydroxylation is 1. The Hall–Kier alpha value is -1.15. The number of anilines is 1. The Kier molecular flexibility index (Phi) is 7.01. The number of hydrogen-bond donors (Lipinski definition) is 2. The lowest BCUT2D eigenvalue weighted by Crippen LogP contribution is -2.23. The maximum Gasteiger partial charge on any atom is 0.242 e. The van der Waals surface area contributed by atoms with Gasteiger partial charge in [0.05, 0.1) is 4.90 Å². The summed E-state index contributed by atoms with van der Waals surface area (Å²) in [6.07, 6.45) is 1.46. The van der Waals surface area contributed by atoms with E-state index < -0.39 is 10.0 Å². The number of carbonyl (C=O) groups is 1. The van der Waals surface area contributed by atoms with E-state index in [0.717, 1.165) is 19.5 Å². The molecule has 130 valence electrons. The van der Waals surface area contributed by atoms with Crippen molar-refractivity contribution in [2.24, 2.45) is 5.92 Å². The molecule has 1 heterocycles. The lowest BCUT2D eigenvalue weighted by atomic mass is 10.0. The lowest BCUT2D eigenvalue weighted by molar-refractivity contribution is -0.116. The maximum absolute atomic E-state index is 12.3. The van der Waals surface area contributed by atoms with Crippen LogP contribution < -0.4 is 10.6 Å². The van der Waals surface area contributed by atoms with Crippen molar-refractivity contribution in [1.82, 2.24) is 9.62 Å². The fourth-order valence-corrected chi connectivity index (χ4v) is 3.66. The first-order valence-corrected chi connectivity index (χ1v) is 8.78. The van der Waals surface area contributed by atoms with E-state index in [4.69, 9.17) is 0 Å².